The molecule has 3 aromatic heterocycles. The highest BCUT2D eigenvalue weighted by Crippen LogP contribution is 2.42. The highest BCUT2D eigenvalue weighted by atomic mass is 32.1. The monoisotopic (exact) mass is 503 g/mol. The number of Topliss-reactive ketones (excluding diaryl/α,β-unsaturated/α-hetero) is 1. The van der Waals surface area contributed by atoms with Crippen molar-refractivity contribution < 1.29 is 18.3 Å². The number of carbonyl (C=O) groups is 1. The SMILES string of the molecule is CC(=O)c1ccc(Oc2c(C)cc(F)cc2C)c(-c2cn(C)c(=O)c3sc(-c4nnc(C)o4)cc23)c1. The minimum atomic E-state index is -0.341. The maximum Gasteiger partial charge on any atom is 0.268 e. The zero-order chi connectivity index (χ0) is 25.7. The molecule has 36 heavy (non-hydrogen) atoms. The second-order valence-electron chi connectivity index (χ2n) is 8.68. The third kappa shape index (κ3) is 4.11. The van der Waals surface area contributed by atoms with E-state index in [0.29, 0.717) is 66.1 Å². The van der Waals surface area contributed by atoms with Crippen molar-refractivity contribution in [3.8, 4) is 33.4 Å². The Morgan fingerprint density at radius 2 is 1.78 bits per heavy atom. The Labute approximate surface area is 209 Å². The van der Waals surface area contributed by atoms with Crippen LogP contribution in [0.15, 0.2) is 51.8 Å². The van der Waals surface area contributed by atoms with Crippen LogP contribution in [0.25, 0.3) is 32.0 Å². The molecule has 0 aliphatic carbocycles. The third-order valence-corrected chi connectivity index (χ3v) is 7.02. The molecule has 0 amide bonds. The van der Waals surface area contributed by atoms with E-state index in [1.807, 2.05) is 6.07 Å². The van der Waals surface area contributed by atoms with Crippen LogP contribution in [0.5, 0.6) is 11.5 Å². The lowest BCUT2D eigenvalue weighted by Crippen LogP contribution is -2.15. The molecule has 5 aromatic rings. The molecule has 0 bridgehead atoms. The number of aromatic nitrogens is 3. The predicted molar refractivity (Wildman–Crippen MR) is 136 cm³/mol. The number of carbonyl (C=O) groups excluding carboxylic acids is 1. The van der Waals surface area contributed by atoms with E-state index < -0.39 is 0 Å². The Balaban J connectivity index is 1.76. The molecule has 0 saturated heterocycles. The molecule has 5 rings (SSSR count). The largest absolute Gasteiger partial charge is 0.456 e. The topological polar surface area (TPSA) is 87.2 Å². The van der Waals surface area contributed by atoms with Gasteiger partial charge >= 0.3 is 0 Å². The molecule has 0 aliphatic rings. The van der Waals surface area contributed by atoms with Crippen LogP contribution in [0.3, 0.4) is 0 Å². The Morgan fingerprint density at radius 3 is 2.42 bits per heavy atom. The molecule has 0 atom stereocenters. The summed E-state index contributed by atoms with van der Waals surface area (Å²) < 4.78 is 27.8. The maximum absolute atomic E-state index is 13.9. The number of rotatable bonds is 5. The number of benzene rings is 2. The van der Waals surface area contributed by atoms with Crippen LogP contribution in [0.1, 0.15) is 34.3 Å². The van der Waals surface area contributed by atoms with E-state index in [-0.39, 0.29) is 17.2 Å². The van der Waals surface area contributed by atoms with E-state index in [9.17, 15) is 14.0 Å². The number of ether oxygens (including phenoxy) is 1. The summed E-state index contributed by atoms with van der Waals surface area (Å²) >= 11 is 1.26. The van der Waals surface area contributed by atoms with Crippen molar-refractivity contribution in [1.29, 1.82) is 0 Å². The van der Waals surface area contributed by atoms with Crippen LogP contribution in [0, 0.1) is 26.6 Å². The van der Waals surface area contributed by atoms with Crippen molar-refractivity contribution in [1.82, 2.24) is 14.8 Å². The number of ketones is 1. The van der Waals surface area contributed by atoms with Crippen LogP contribution < -0.4 is 10.3 Å². The summed E-state index contributed by atoms with van der Waals surface area (Å²) in [7, 11) is 1.67. The van der Waals surface area contributed by atoms with E-state index in [1.54, 1.807) is 52.2 Å². The summed E-state index contributed by atoms with van der Waals surface area (Å²) in [5.41, 5.74) is 2.93. The summed E-state index contributed by atoms with van der Waals surface area (Å²) in [6.45, 7) is 6.74. The van der Waals surface area contributed by atoms with Crippen LogP contribution >= 0.6 is 11.3 Å². The summed E-state index contributed by atoms with van der Waals surface area (Å²) in [6.07, 6.45) is 1.72. The Morgan fingerprint density at radius 1 is 1.06 bits per heavy atom. The second-order valence-corrected chi connectivity index (χ2v) is 9.73. The summed E-state index contributed by atoms with van der Waals surface area (Å²) in [5.74, 6) is 1.30. The van der Waals surface area contributed by atoms with Crippen molar-refractivity contribution in [2.45, 2.75) is 27.7 Å². The standard InChI is InChI=1S/C27H22FN3O4S/c1-13-8-18(28)9-14(2)24(13)35-22-7-6-17(15(3)32)10-19(22)21-12-31(5)27(33)25-20(21)11-23(36-25)26-30-29-16(4)34-26/h6-12H,1-5H3. The van der Waals surface area contributed by atoms with Gasteiger partial charge in [-0.1, -0.05) is 0 Å². The number of hydrogen-bond donors (Lipinski definition) is 0. The molecule has 182 valence electrons. The van der Waals surface area contributed by atoms with Gasteiger partial charge in [0.1, 0.15) is 22.0 Å². The van der Waals surface area contributed by atoms with Crippen molar-refractivity contribution in [2.24, 2.45) is 7.05 Å². The van der Waals surface area contributed by atoms with Gasteiger partial charge in [-0.2, -0.15) is 0 Å². The van der Waals surface area contributed by atoms with Gasteiger partial charge in [-0.25, -0.2) is 4.39 Å². The molecule has 0 saturated carbocycles. The summed E-state index contributed by atoms with van der Waals surface area (Å²) in [5, 5.41) is 8.65. The number of fused-ring (bicyclic) bond motifs is 1. The van der Waals surface area contributed by atoms with E-state index in [2.05, 4.69) is 10.2 Å². The number of halogens is 1. The highest BCUT2D eigenvalue weighted by molar-refractivity contribution is 7.22. The first-order valence-corrected chi connectivity index (χ1v) is 12.0. The van der Waals surface area contributed by atoms with Crippen molar-refractivity contribution in [3.63, 3.8) is 0 Å². The number of pyridine rings is 1. The molecule has 0 radical (unpaired) electrons. The minimum Gasteiger partial charge on any atom is -0.456 e. The van der Waals surface area contributed by atoms with Crippen LogP contribution in [-0.4, -0.2) is 20.5 Å². The zero-order valence-corrected chi connectivity index (χ0v) is 21.1. The van der Waals surface area contributed by atoms with Gasteiger partial charge in [-0.3, -0.25) is 9.59 Å². The van der Waals surface area contributed by atoms with Crippen LogP contribution in [0.2, 0.25) is 0 Å². The molecule has 2 aromatic carbocycles. The fourth-order valence-electron chi connectivity index (χ4n) is 4.16. The van der Waals surface area contributed by atoms with Crippen molar-refractivity contribution in [2.75, 3.05) is 0 Å². The van der Waals surface area contributed by atoms with Gasteiger partial charge in [-0.15, -0.1) is 21.5 Å². The highest BCUT2D eigenvalue weighted by Gasteiger charge is 2.21. The zero-order valence-electron chi connectivity index (χ0n) is 20.3. The van der Waals surface area contributed by atoms with Gasteiger partial charge in [0.25, 0.3) is 11.4 Å². The molecule has 0 N–H and O–H groups in total. The van der Waals surface area contributed by atoms with Gasteiger partial charge < -0.3 is 13.7 Å². The third-order valence-electron chi connectivity index (χ3n) is 5.91. The van der Waals surface area contributed by atoms with E-state index >= 15 is 0 Å². The van der Waals surface area contributed by atoms with Crippen molar-refractivity contribution in [3.05, 3.63) is 81.3 Å². The number of thiophene rings is 1. The average molecular weight is 504 g/mol. The van der Waals surface area contributed by atoms with E-state index in [0.717, 1.165) is 0 Å². The molecule has 3 heterocycles. The van der Waals surface area contributed by atoms with Gasteiger partial charge in [0.05, 0.1) is 4.88 Å². The lowest BCUT2D eigenvalue weighted by molar-refractivity contribution is 0.101. The summed E-state index contributed by atoms with van der Waals surface area (Å²) in [4.78, 5) is 25.9. The lowest BCUT2D eigenvalue weighted by atomic mass is 9.99. The second kappa shape index (κ2) is 8.83. The Hall–Kier alpha value is -4.11. The van der Waals surface area contributed by atoms with Gasteiger partial charge in [0, 0.05) is 42.2 Å². The molecular formula is C27H22FN3O4S. The molecule has 0 spiro atoms. The molecule has 0 aliphatic heterocycles. The fraction of sp³-hybridized carbons (Fsp3) is 0.185. The fourth-order valence-corrected chi connectivity index (χ4v) is 5.24. The number of nitrogens with zero attached hydrogens (tertiary/aromatic N) is 3. The molecule has 0 fully saturated rings. The maximum atomic E-state index is 13.9. The van der Waals surface area contributed by atoms with Gasteiger partial charge in [-0.05, 0) is 68.3 Å². The first-order valence-electron chi connectivity index (χ1n) is 11.2. The smallest absolute Gasteiger partial charge is 0.268 e. The molecule has 0 unspecified atom stereocenters. The van der Waals surface area contributed by atoms with E-state index in [4.69, 9.17) is 9.15 Å². The average Bonchev–Trinajstić information content (AvgIpc) is 3.45. The number of hydrogen-bond acceptors (Lipinski definition) is 7. The Bertz CT molecular complexity index is 1710. The minimum absolute atomic E-state index is 0.106. The van der Waals surface area contributed by atoms with Gasteiger partial charge in [0.15, 0.2) is 5.78 Å². The Kier molecular flexibility index (Phi) is 5.80. The molecular weight excluding hydrogens is 481 g/mol. The first kappa shape index (κ1) is 23.6. The van der Waals surface area contributed by atoms with Gasteiger partial charge in [0.2, 0.25) is 5.89 Å². The van der Waals surface area contributed by atoms with Crippen molar-refractivity contribution >= 4 is 27.2 Å². The van der Waals surface area contributed by atoms with Crippen LogP contribution in [0.4, 0.5) is 4.39 Å². The van der Waals surface area contributed by atoms with E-state index in [1.165, 1.54) is 35.0 Å². The first-order chi connectivity index (χ1) is 17.1. The molecule has 9 heteroatoms. The lowest BCUT2D eigenvalue weighted by Gasteiger charge is -2.17. The number of aryl methyl sites for hydroxylation is 4. The summed E-state index contributed by atoms with van der Waals surface area (Å²) in [6, 6.07) is 9.82. The normalized spacial score (nSPS) is 11.3. The predicted octanol–water partition coefficient (Wildman–Crippen LogP) is 6.38. The van der Waals surface area contributed by atoms with Crippen LogP contribution in [-0.2, 0) is 7.05 Å². The quantitative estimate of drug-likeness (QED) is 0.259. The molecule has 7 nitrogen and oxygen atoms in total.